The van der Waals surface area contributed by atoms with Gasteiger partial charge in [0.05, 0.1) is 12.1 Å². The van der Waals surface area contributed by atoms with Crippen LogP contribution in [0.15, 0.2) is 48.5 Å². The molecule has 5 nitrogen and oxygen atoms in total. The van der Waals surface area contributed by atoms with E-state index < -0.39 is 17.8 Å². The van der Waals surface area contributed by atoms with Crippen molar-refractivity contribution in [3.05, 3.63) is 65.4 Å². The topological polar surface area (TPSA) is 68.7 Å². The maximum absolute atomic E-state index is 13.3. The average molecular weight is 461 g/mol. The molecule has 0 saturated carbocycles. The number of carbonyl (C=O) groups is 1. The standard InChI is InChI=1S/C25H26F3NO4/c1-2-3-12-32-22-15-23(25(26,27)28)29-21-11-10-18(14-20(21)22)16-33-19-8-4-6-17(13-19)7-5-9-24(30)31/h4,6,8,10-11,13-15H,2-3,5,7,9,12,16H2,1H3,(H,30,31). The Labute approximate surface area is 190 Å². The lowest BCUT2D eigenvalue weighted by atomic mass is 10.1. The van der Waals surface area contributed by atoms with E-state index in [-0.39, 0.29) is 24.3 Å². The number of rotatable bonds is 11. The van der Waals surface area contributed by atoms with Gasteiger partial charge in [-0.2, -0.15) is 13.2 Å². The number of nitrogens with zero attached hydrogens (tertiary/aromatic N) is 1. The quantitative estimate of drug-likeness (QED) is 0.334. The number of benzene rings is 2. The van der Waals surface area contributed by atoms with E-state index in [0.717, 1.165) is 30.0 Å². The molecule has 1 aromatic heterocycles. The van der Waals surface area contributed by atoms with Gasteiger partial charge in [-0.1, -0.05) is 31.5 Å². The minimum absolute atomic E-state index is 0.106. The Bertz CT molecular complexity index is 1100. The first kappa shape index (κ1) is 24.4. The predicted octanol–water partition coefficient (Wildman–Crippen LogP) is 6.42. The van der Waals surface area contributed by atoms with E-state index in [1.54, 1.807) is 18.2 Å². The lowest BCUT2D eigenvalue weighted by Crippen LogP contribution is -2.09. The largest absolute Gasteiger partial charge is 0.493 e. The second kappa shape index (κ2) is 11.0. The molecule has 0 aliphatic rings. The van der Waals surface area contributed by atoms with Crippen LogP contribution in [0, 0.1) is 0 Å². The maximum Gasteiger partial charge on any atom is 0.433 e. The summed E-state index contributed by atoms with van der Waals surface area (Å²) >= 11 is 0. The Balaban J connectivity index is 1.77. The fourth-order valence-corrected chi connectivity index (χ4v) is 3.32. The van der Waals surface area contributed by atoms with Crippen LogP contribution in [0.5, 0.6) is 11.5 Å². The molecule has 0 aliphatic carbocycles. The number of carboxylic acids is 1. The highest BCUT2D eigenvalue weighted by atomic mass is 19.4. The summed E-state index contributed by atoms with van der Waals surface area (Å²) in [4.78, 5) is 14.4. The van der Waals surface area contributed by atoms with Gasteiger partial charge in [-0.3, -0.25) is 4.79 Å². The first-order chi connectivity index (χ1) is 15.8. The molecule has 0 saturated heterocycles. The molecule has 0 amide bonds. The highest BCUT2D eigenvalue weighted by Crippen LogP contribution is 2.35. The molecule has 0 aliphatic heterocycles. The molecular weight excluding hydrogens is 435 g/mol. The number of fused-ring (bicyclic) bond motifs is 1. The minimum atomic E-state index is -4.56. The van der Waals surface area contributed by atoms with Gasteiger partial charge in [0.15, 0.2) is 0 Å². The fraction of sp³-hybridized carbons (Fsp3) is 0.360. The van der Waals surface area contributed by atoms with Crippen molar-refractivity contribution in [1.29, 1.82) is 0 Å². The summed E-state index contributed by atoms with van der Waals surface area (Å²) in [6, 6.07) is 13.3. The van der Waals surface area contributed by atoms with E-state index in [4.69, 9.17) is 14.6 Å². The first-order valence-corrected chi connectivity index (χ1v) is 10.8. The third-order valence-electron chi connectivity index (χ3n) is 5.04. The van der Waals surface area contributed by atoms with Crippen LogP contribution in [0.3, 0.4) is 0 Å². The van der Waals surface area contributed by atoms with Crippen LogP contribution in [0.4, 0.5) is 13.2 Å². The fourth-order valence-electron chi connectivity index (χ4n) is 3.32. The average Bonchev–Trinajstić information content (AvgIpc) is 2.77. The molecule has 0 radical (unpaired) electrons. The number of halogens is 3. The van der Waals surface area contributed by atoms with Crippen LogP contribution in [0.1, 0.15) is 49.4 Å². The van der Waals surface area contributed by atoms with Gasteiger partial charge in [0.25, 0.3) is 0 Å². The zero-order chi connectivity index (χ0) is 23.8. The molecule has 3 aromatic rings. The summed E-state index contributed by atoms with van der Waals surface area (Å²) in [5.74, 6) is -0.0375. The second-order valence-electron chi connectivity index (χ2n) is 7.74. The number of unbranched alkanes of at least 4 members (excludes halogenated alkanes) is 1. The number of aromatic nitrogens is 1. The molecule has 2 aromatic carbocycles. The van der Waals surface area contributed by atoms with E-state index in [2.05, 4.69) is 4.98 Å². The monoisotopic (exact) mass is 461 g/mol. The van der Waals surface area contributed by atoms with E-state index >= 15 is 0 Å². The zero-order valence-electron chi connectivity index (χ0n) is 18.3. The normalized spacial score (nSPS) is 11.5. The Morgan fingerprint density at radius 3 is 2.58 bits per heavy atom. The molecule has 0 bridgehead atoms. The molecule has 33 heavy (non-hydrogen) atoms. The van der Waals surface area contributed by atoms with Crippen LogP contribution in [0.2, 0.25) is 0 Å². The Morgan fingerprint density at radius 2 is 1.85 bits per heavy atom. The van der Waals surface area contributed by atoms with Crippen LogP contribution >= 0.6 is 0 Å². The highest BCUT2D eigenvalue weighted by Gasteiger charge is 2.33. The number of carboxylic acid groups (broad SMARTS) is 1. The van der Waals surface area contributed by atoms with Crippen molar-refractivity contribution in [3.63, 3.8) is 0 Å². The van der Waals surface area contributed by atoms with Gasteiger partial charge in [-0.15, -0.1) is 0 Å². The first-order valence-electron chi connectivity index (χ1n) is 10.8. The molecule has 8 heteroatoms. The zero-order valence-corrected chi connectivity index (χ0v) is 18.3. The van der Waals surface area contributed by atoms with E-state index in [1.807, 2.05) is 25.1 Å². The second-order valence-corrected chi connectivity index (χ2v) is 7.74. The Hall–Kier alpha value is -3.29. The summed E-state index contributed by atoms with van der Waals surface area (Å²) in [7, 11) is 0. The van der Waals surface area contributed by atoms with Crippen LogP contribution < -0.4 is 9.47 Å². The summed E-state index contributed by atoms with van der Waals surface area (Å²) in [5.41, 5.74) is 0.967. The Kier molecular flexibility index (Phi) is 8.14. The van der Waals surface area contributed by atoms with Crippen molar-refractivity contribution in [1.82, 2.24) is 4.98 Å². The number of hydrogen-bond donors (Lipinski definition) is 1. The van der Waals surface area contributed by atoms with Crippen molar-refractivity contribution in [3.8, 4) is 11.5 Å². The molecule has 0 fully saturated rings. The molecule has 3 rings (SSSR count). The van der Waals surface area contributed by atoms with Crippen molar-refractivity contribution in [2.75, 3.05) is 6.61 Å². The van der Waals surface area contributed by atoms with Gasteiger partial charge < -0.3 is 14.6 Å². The predicted molar refractivity (Wildman–Crippen MR) is 118 cm³/mol. The molecule has 176 valence electrons. The van der Waals surface area contributed by atoms with Crippen molar-refractivity contribution in [2.24, 2.45) is 0 Å². The highest BCUT2D eigenvalue weighted by molar-refractivity contribution is 5.86. The van der Waals surface area contributed by atoms with E-state index in [1.165, 1.54) is 6.07 Å². The summed E-state index contributed by atoms with van der Waals surface area (Å²) in [6.07, 6.45) is -1.69. The van der Waals surface area contributed by atoms with E-state index in [9.17, 15) is 18.0 Å². The Morgan fingerprint density at radius 1 is 1.03 bits per heavy atom. The third kappa shape index (κ3) is 7.10. The molecule has 0 atom stereocenters. The number of alkyl halides is 3. The number of ether oxygens (including phenoxy) is 2. The van der Waals surface area contributed by atoms with Gasteiger partial charge in [0.1, 0.15) is 23.8 Å². The summed E-state index contributed by atoms with van der Waals surface area (Å²) in [6.45, 7) is 2.51. The molecule has 1 heterocycles. The smallest absolute Gasteiger partial charge is 0.433 e. The minimum Gasteiger partial charge on any atom is -0.493 e. The van der Waals surface area contributed by atoms with Gasteiger partial charge >= 0.3 is 12.1 Å². The van der Waals surface area contributed by atoms with E-state index in [0.29, 0.717) is 30.6 Å². The lowest BCUT2D eigenvalue weighted by Gasteiger charge is -2.14. The third-order valence-corrected chi connectivity index (χ3v) is 5.04. The van der Waals surface area contributed by atoms with Crippen LogP contribution in [-0.4, -0.2) is 22.7 Å². The summed E-state index contributed by atoms with van der Waals surface area (Å²) in [5, 5.41) is 9.28. The van der Waals surface area contributed by atoms with Gasteiger partial charge in [0, 0.05) is 17.9 Å². The molecule has 0 unspecified atom stereocenters. The SMILES string of the molecule is CCCCOc1cc(C(F)(F)F)nc2ccc(COc3cccc(CCCC(=O)O)c3)cc12. The molecular formula is C25H26F3NO4. The maximum atomic E-state index is 13.3. The molecule has 1 N–H and O–H groups in total. The lowest BCUT2D eigenvalue weighted by molar-refractivity contribution is -0.141. The van der Waals surface area contributed by atoms with Crippen molar-refractivity contribution < 1.29 is 32.5 Å². The van der Waals surface area contributed by atoms with Crippen molar-refractivity contribution in [2.45, 2.75) is 51.8 Å². The number of aryl methyl sites for hydroxylation is 1. The summed E-state index contributed by atoms with van der Waals surface area (Å²) < 4.78 is 51.3. The molecule has 0 spiro atoms. The number of hydrogen-bond acceptors (Lipinski definition) is 4. The number of aliphatic carboxylic acids is 1. The number of pyridine rings is 1. The van der Waals surface area contributed by atoms with Crippen LogP contribution in [0.25, 0.3) is 10.9 Å². The van der Waals surface area contributed by atoms with Crippen molar-refractivity contribution >= 4 is 16.9 Å². The van der Waals surface area contributed by atoms with Crippen LogP contribution in [-0.2, 0) is 24.0 Å². The van der Waals surface area contributed by atoms with Gasteiger partial charge in [-0.25, -0.2) is 4.98 Å². The van der Waals surface area contributed by atoms with Gasteiger partial charge in [-0.05, 0) is 54.7 Å². The van der Waals surface area contributed by atoms with Gasteiger partial charge in [0.2, 0.25) is 0 Å².